The lowest BCUT2D eigenvalue weighted by Gasteiger charge is -2.35. The van der Waals surface area contributed by atoms with Crippen LogP contribution in [0.15, 0.2) is 35.4 Å². The van der Waals surface area contributed by atoms with Crippen LogP contribution >= 0.6 is 11.3 Å². The highest BCUT2D eigenvalue weighted by Gasteiger charge is 2.29. The van der Waals surface area contributed by atoms with Crippen LogP contribution in [0.1, 0.15) is 40.8 Å². The first-order valence-corrected chi connectivity index (χ1v) is 9.34. The van der Waals surface area contributed by atoms with Crippen LogP contribution < -0.4 is 5.56 Å². The summed E-state index contributed by atoms with van der Waals surface area (Å²) < 4.78 is 1.48. The van der Waals surface area contributed by atoms with E-state index in [4.69, 9.17) is 0 Å². The number of piperidine rings is 1. The fourth-order valence-corrected chi connectivity index (χ4v) is 4.39. The van der Waals surface area contributed by atoms with Gasteiger partial charge in [0.2, 0.25) is 11.7 Å². The first-order chi connectivity index (χ1) is 12.1. The summed E-state index contributed by atoms with van der Waals surface area (Å²) in [4.78, 5) is 36.8. The van der Waals surface area contributed by atoms with Gasteiger partial charge in [-0.15, -0.1) is 11.3 Å². The number of hydrogen-bond acceptors (Lipinski definition) is 4. The van der Waals surface area contributed by atoms with Crippen molar-refractivity contribution in [1.29, 1.82) is 0 Å². The number of carbonyl (C=O) groups is 1. The number of fused-ring (bicyclic) bond motifs is 1. The van der Waals surface area contributed by atoms with Gasteiger partial charge in [-0.3, -0.25) is 14.0 Å². The summed E-state index contributed by atoms with van der Waals surface area (Å²) in [6, 6.07) is 5.58. The number of likely N-dealkylation sites (tertiary alicyclic amines) is 1. The third-order valence-electron chi connectivity index (χ3n) is 4.72. The summed E-state index contributed by atoms with van der Waals surface area (Å²) in [5.74, 6) is 0.643. The SMILES string of the molecule is Cc1ccc(CC(=O)N2CCCCC2c2cc(=O)n3ccnc3[nH]2)s1. The highest BCUT2D eigenvalue weighted by Crippen LogP contribution is 2.30. The fraction of sp³-hybridized carbons (Fsp3) is 0.389. The fourth-order valence-electron chi connectivity index (χ4n) is 3.51. The van der Waals surface area contributed by atoms with Gasteiger partial charge in [-0.1, -0.05) is 0 Å². The monoisotopic (exact) mass is 356 g/mol. The highest BCUT2D eigenvalue weighted by atomic mass is 32.1. The largest absolute Gasteiger partial charge is 0.334 e. The average Bonchev–Trinajstić information content (AvgIpc) is 3.24. The summed E-state index contributed by atoms with van der Waals surface area (Å²) in [5, 5.41) is 0. The molecule has 4 rings (SSSR count). The average molecular weight is 356 g/mol. The summed E-state index contributed by atoms with van der Waals surface area (Å²) in [7, 11) is 0. The number of amides is 1. The zero-order chi connectivity index (χ0) is 17.4. The molecular weight excluding hydrogens is 336 g/mol. The van der Waals surface area contributed by atoms with Gasteiger partial charge in [0, 0.05) is 40.5 Å². The van der Waals surface area contributed by atoms with Crippen molar-refractivity contribution in [3.8, 4) is 0 Å². The maximum absolute atomic E-state index is 12.9. The Kier molecular flexibility index (Phi) is 4.17. The van der Waals surface area contributed by atoms with Gasteiger partial charge >= 0.3 is 0 Å². The third kappa shape index (κ3) is 3.11. The normalized spacial score (nSPS) is 18.0. The minimum absolute atomic E-state index is 0.0864. The van der Waals surface area contributed by atoms with Crippen LogP contribution in [0, 0.1) is 6.92 Å². The van der Waals surface area contributed by atoms with Gasteiger partial charge in [0.25, 0.3) is 5.56 Å². The maximum atomic E-state index is 12.9. The molecule has 1 fully saturated rings. The predicted octanol–water partition coefficient (Wildman–Crippen LogP) is 2.69. The van der Waals surface area contributed by atoms with E-state index >= 15 is 0 Å². The number of aromatic amines is 1. The van der Waals surface area contributed by atoms with E-state index in [0.717, 1.165) is 36.4 Å². The van der Waals surface area contributed by atoms with Gasteiger partial charge in [0.15, 0.2) is 0 Å². The van der Waals surface area contributed by atoms with Crippen LogP contribution in [0.3, 0.4) is 0 Å². The van der Waals surface area contributed by atoms with Crippen LogP contribution in [-0.4, -0.2) is 31.7 Å². The predicted molar refractivity (Wildman–Crippen MR) is 96.9 cm³/mol. The molecule has 1 aliphatic rings. The molecule has 0 radical (unpaired) electrons. The maximum Gasteiger partial charge on any atom is 0.259 e. The molecule has 0 bridgehead atoms. The quantitative estimate of drug-likeness (QED) is 0.784. The Morgan fingerprint density at radius 2 is 2.28 bits per heavy atom. The Labute approximate surface area is 149 Å². The molecule has 1 N–H and O–H groups in total. The van der Waals surface area contributed by atoms with E-state index in [9.17, 15) is 9.59 Å². The molecule has 6 nitrogen and oxygen atoms in total. The first kappa shape index (κ1) is 16.1. The Bertz CT molecular complexity index is 971. The summed E-state index contributed by atoms with van der Waals surface area (Å²) in [6.45, 7) is 2.78. The summed E-state index contributed by atoms with van der Waals surface area (Å²) >= 11 is 1.66. The Hall–Kier alpha value is -2.41. The molecule has 1 unspecified atom stereocenters. The number of nitrogens with zero attached hydrogens (tertiary/aromatic N) is 3. The number of aryl methyl sites for hydroxylation is 1. The first-order valence-electron chi connectivity index (χ1n) is 8.53. The number of imidazole rings is 1. The van der Waals surface area contributed by atoms with Crippen LogP contribution in [0.25, 0.3) is 5.78 Å². The second-order valence-electron chi connectivity index (χ2n) is 6.47. The zero-order valence-corrected chi connectivity index (χ0v) is 14.9. The smallest absolute Gasteiger partial charge is 0.259 e. The molecule has 130 valence electrons. The van der Waals surface area contributed by atoms with Gasteiger partial charge in [-0.05, 0) is 38.3 Å². The second-order valence-corrected chi connectivity index (χ2v) is 7.84. The van der Waals surface area contributed by atoms with Crippen molar-refractivity contribution >= 4 is 23.0 Å². The number of rotatable bonds is 3. The number of aromatic nitrogens is 3. The van der Waals surface area contributed by atoms with E-state index in [2.05, 4.69) is 9.97 Å². The Balaban J connectivity index is 1.63. The minimum Gasteiger partial charge on any atom is -0.334 e. The van der Waals surface area contributed by atoms with Gasteiger partial charge in [-0.2, -0.15) is 0 Å². The molecule has 0 aliphatic carbocycles. The number of nitrogens with one attached hydrogen (secondary N) is 1. The van der Waals surface area contributed by atoms with Gasteiger partial charge in [0.05, 0.1) is 12.5 Å². The minimum atomic E-state index is -0.117. The van der Waals surface area contributed by atoms with Gasteiger partial charge < -0.3 is 9.88 Å². The molecule has 1 saturated heterocycles. The molecule has 4 heterocycles. The zero-order valence-electron chi connectivity index (χ0n) is 14.1. The van der Waals surface area contributed by atoms with Gasteiger partial charge in [0.1, 0.15) is 0 Å². The van der Waals surface area contributed by atoms with Crippen LogP contribution in [0.5, 0.6) is 0 Å². The van der Waals surface area contributed by atoms with E-state index in [-0.39, 0.29) is 17.5 Å². The van der Waals surface area contributed by atoms with Gasteiger partial charge in [-0.25, -0.2) is 4.98 Å². The topological polar surface area (TPSA) is 70.5 Å². The molecule has 3 aromatic heterocycles. The van der Waals surface area contributed by atoms with Crippen LogP contribution in [-0.2, 0) is 11.2 Å². The van der Waals surface area contributed by atoms with E-state index in [1.807, 2.05) is 24.0 Å². The number of H-pyrrole nitrogens is 1. The number of thiophene rings is 1. The van der Waals surface area contributed by atoms with E-state index in [1.165, 1.54) is 9.28 Å². The number of carbonyl (C=O) groups excluding carboxylic acids is 1. The summed E-state index contributed by atoms with van der Waals surface area (Å²) in [5.41, 5.74) is 0.659. The molecule has 1 amide bonds. The molecule has 7 heteroatoms. The second kappa shape index (κ2) is 6.48. The highest BCUT2D eigenvalue weighted by molar-refractivity contribution is 7.12. The van der Waals surface area contributed by atoms with Crippen molar-refractivity contribution in [1.82, 2.24) is 19.3 Å². The molecule has 3 aromatic rings. The number of hydrogen-bond donors (Lipinski definition) is 1. The van der Waals surface area contributed by atoms with Crippen molar-refractivity contribution in [2.45, 2.75) is 38.6 Å². The van der Waals surface area contributed by atoms with E-state index in [0.29, 0.717) is 12.2 Å². The van der Waals surface area contributed by atoms with Crippen molar-refractivity contribution in [3.05, 3.63) is 56.4 Å². The Morgan fingerprint density at radius 1 is 1.40 bits per heavy atom. The van der Waals surface area contributed by atoms with Crippen molar-refractivity contribution in [2.75, 3.05) is 6.54 Å². The van der Waals surface area contributed by atoms with Crippen molar-refractivity contribution < 1.29 is 4.79 Å². The molecular formula is C18H20N4O2S. The third-order valence-corrected chi connectivity index (χ3v) is 5.72. The lowest BCUT2D eigenvalue weighted by Crippen LogP contribution is -2.40. The molecule has 0 saturated carbocycles. The Morgan fingerprint density at radius 3 is 3.08 bits per heavy atom. The lowest BCUT2D eigenvalue weighted by atomic mass is 9.98. The lowest BCUT2D eigenvalue weighted by molar-refractivity contribution is -0.134. The summed E-state index contributed by atoms with van der Waals surface area (Å²) in [6.07, 6.45) is 6.57. The van der Waals surface area contributed by atoms with E-state index in [1.54, 1.807) is 29.8 Å². The van der Waals surface area contributed by atoms with Crippen LogP contribution in [0.4, 0.5) is 0 Å². The van der Waals surface area contributed by atoms with Crippen LogP contribution in [0.2, 0.25) is 0 Å². The molecule has 0 spiro atoms. The van der Waals surface area contributed by atoms with E-state index < -0.39 is 0 Å². The van der Waals surface area contributed by atoms with Crippen molar-refractivity contribution in [2.24, 2.45) is 0 Å². The standard InChI is InChI=1S/C18H20N4O2S/c1-12-5-6-13(25-12)10-16(23)21-8-3-2-4-15(21)14-11-17(24)22-9-7-19-18(22)20-14/h5-7,9,11,15H,2-4,8,10H2,1H3,(H,19,20). The van der Waals surface area contributed by atoms with Crippen molar-refractivity contribution in [3.63, 3.8) is 0 Å². The molecule has 25 heavy (non-hydrogen) atoms. The molecule has 0 aromatic carbocycles. The molecule has 1 aliphatic heterocycles. The molecule has 1 atom stereocenters.